The van der Waals surface area contributed by atoms with E-state index in [1.807, 2.05) is 42.5 Å². The fourth-order valence-electron chi connectivity index (χ4n) is 3.33. The third-order valence-corrected chi connectivity index (χ3v) is 6.45. The number of ether oxygens (including phenoxy) is 2. The van der Waals surface area contributed by atoms with Gasteiger partial charge >= 0.3 is 11.9 Å². The zero-order chi connectivity index (χ0) is 24.9. The number of carbonyl (C=O) groups excluding carboxylic acids is 3. The quantitative estimate of drug-likeness (QED) is 0.412. The molecule has 0 saturated heterocycles. The Morgan fingerprint density at radius 1 is 0.912 bits per heavy atom. The van der Waals surface area contributed by atoms with Gasteiger partial charge in [-0.15, -0.1) is 11.3 Å². The highest BCUT2D eigenvalue weighted by Gasteiger charge is 2.28. The van der Waals surface area contributed by atoms with Crippen LogP contribution >= 0.6 is 11.3 Å². The molecule has 0 saturated carbocycles. The SMILES string of the molecule is CCOC(=O)c1c(NC(=O)c2ccc(C(C)(C)C)cc2)sc(C(=O)OCc2ccccc2)c1C. The number of nitrogens with one attached hydrogen (secondary N) is 1. The van der Waals surface area contributed by atoms with E-state index in [2.05, 4.69) is 26.1 Å². The average Bonchev–Trinajstić information content (AvgIpc) is 3.13. The Balaban J connectivity index is 1.85. The molecule has 1 N–H and O–H groups in total. The maximum Gasteiger partial charge on any atom is 0.349 e. The second-order valence-corrected chi connectivity index (χ2v) is 9.84. The number of hydrogen-bond acceptors (Lipinski definition) is 6. The van der Waals surface area contributed by atoms with Crippen LogP contribution in [0.1, 0.15) is 74.8 Å². The lowest BCUT2D eigenvalue weighted by Gasteiger charge is -2.19. The molecule has 0 bridgehead atoms. The smallest absolute Gasteiger partial charge is 0.349 e. The summed E-state index contributed by atoms with van der Waals surface area (Å²) in [5.41, 5.74) is 2.95. The van der Waals surface area contributed by atoms with E-state index in [0.717, 1.165) is 22.5 Å². The van der Waals surface area contributed by atoms with Crippen LogP contribution in [-0.2, 0) is 21.5 Å². The lowest BCUT2D eigenvalue weighted by atomic mass is 9.87. The number of hydrogen-bond donors (Lipinski definition) is 1. The van der Waals surface area contributed by atoms with Crippen LogP contribution in [0.25, 0.3) is 0 Å². The molecule has 0 unspecified atom stereocenters. The number of rotatable bonds is 7. The molecule has 0 spiro atoms. The van der Waals surface area contributed by atoms with Crippen molar-refractivity contribution in [2.75, 3.05) is 11.9 Å². The fourth-order valence-corrected chi connectivity index (χ4v) is 4.41. The van der Waals surface area contributed by atoms with Crippen molar-refractivity contribution in [3.63, 3.8) is 0 Å². The predicted octanol–water partition coefficient (Wildman–Crippen LogP) is 6.14. The number of amides is 1. The van der Waals surface area contributed by atoms with Crippen LogP contribution in [0.4, 0.5) is 5.00 Å². The molecule has 1 aromatic heterocycles. The van der Waals surface area contributed by atoms with Crippen molar-refractivity contribution in [1.82, 2.24) is 0 Å². The van der Waals surface area contributed by atoms with E-state index in [4.69, 9.17) is 9.47 Å². The van der Waals surface area contributed by atoms with Gasteiger partial charge in [-0.1, -0.05) is 63.2 Å². The standard InChI is InChI=1S/C27H29NO5S/c1-6-32-25(30)21-17(2)22(26(31)33-16-18-10-8-7-9-11-18)34-24(21)28-23(29)19-12-14-20(15-13-19)27(3,4)5/h7-15H,6,16H2,1-5H3,(H,28,29). The first-order chi connectivity index (χ1) is 16.1. The van der Waals surface area contributed by atoms with Crippen LogP contribution < -0.4 is 5.32 Å². The third-order valence-electron chi connectivity index (χ3n) is 5.26. The van der Waals surface area contributed by atoms with Crippen LogP contribution in [-0.4, -0.2) is 24.5 Å². The molecule has 6 nitrogen and oxygen atoms in total. The van der Waals surface area contributed by atoms with Crippen LogP contribution in [0.5, 0.6) is 0 Å². The van der Waals surface area contributed by atoms with E-state index in [1.165, 1.54) is 0 Å². The van der Waals surface area contributed by atoms with E-state index >= 15 is 0 Å². The molecule has 7 heteroatoms. The summed E-state index contributed by atoms with van der Waals surface area (Å²) in [6.07, 6.45) is 0. The van der Waals surface area contributed by atoms with E-state index in [1.54, 1.807) is 26.0 Å². The summed E-state index contributed by atoms with van der Waals surface area (Å²) in [4.78, 5) is 38.6. The van der Waals surface area contributed by atoms with Crippen molar-refractivity contribution in [3.8, 4) is 0 Å². The number of carbonyl (C=O) groups is 3. The minimum absolute atomic E-state index is 0.0358. The zero-order valence-corrected chi connectivity index (χ0v) is 20.9. The molecular weight excluding hydrogens is 450 g/mol. The van der Waals surface area contributed by atoms with Gasteiger partial charge in [-0.25, -0.2) is 9.59 Å². The number of anilines is 1. The third kappa shape index (κ3) is 5.91. The summed E-state index contributed by atoms with van der Waals surface area (Å²) in [6, 6.07) is 16.6. The normalized spacial score (nSPS) is 11.1. The summed E-state index contributed by atoms with van der Waals surface area (Å²) < 4.78 is 10.6. The first-order valence-electron chi connectivity index (χ1n) is 11.0. The Kier molecular flexibility index (Phi) is 7.89. The summed E-state index contributed by atoms with van der Waals surface area (Å²) in [7, 11) is 0. The minimum Gasteiger partial charge on any atom is -0.462 e. The topological polar surface area (TPSA) is 81.7 Å². The summed E-state index contributed by atoms with van der Waals surface area (Å²) in [5.74, 6) is -1.54. The van der Waals surface area contributed by atoms with Crippen LogP contribution in [0.3, 0.4) is 0 Å². The van der Waals surface area contributed by atoms with Crippen molar-refractivity contribution in [2.24, 2.45) is 0 Å². The highest BCUT2D eigenvalue weighted by atomic mass is 32.1. The van der Waals surface area contributed by atoms with E-state index < -0.39 is 11.9 Å². The first-order valence-corrected chi connectivity index (χ1v) is 11.9. The maximum absolute atomic E-state index is 12.9. The van der Waals surface area contributed by atoms with Gasteiger partial charge in [0.25, 0.3) is 5.91 Å². The van der Waals surface area contributed by atoms with Crippen molar-refractivity contribution in [3.05, 3.63) is 87.3 Å². The molecule has 1 heterocycles. The van der Waals surface area contributed by atoms with Gasteiger partial charge < -0.3 is 14.8 Å². The van der Waals surface area contributed by atoms with Gasteiger partial charge in [-0.05, 0) is 48.1 Å². The minimum atomic E-state index is -0.600. The van der Waals surface area contributed by atoms with Crippen LogP contribution in [0.2, 0.25) is 0 Å². The van der Waals surface area contributed by atoms with Gasteiger partial charge in [0.2, 0.25) is 0 Å². The Morgan fingerprint density at radius 2 is 1.56 bits per heavy atom. The molecular formula is C27H29NO5S. The fraction of sp³-hybridized carbons (Fsp3) is 0.296. The molecule has 1 amide bonds. The largest absolute Gasteiger partial charge is 0.462 e. The van der Waals surface area contributed by atoms with Crippen LogP contribution in [0, 0.1) is 6.92 Å². The number of esters is 2. The molecule has 0 radical (unpaired) electrons. The van der Waals surface area contributed by atoms with Crippen molar-refractivity contribution in [1.29, 1.82) is 0 Å². The molecule has 0 aliphatic rings. The Morgan fingerprint density at radius 3 is 2.15 bits per heavy atom. The second kappa shape index (κ2) is 10.7. The molecule has 3 rings (SSSR count). The molecule has 0 aliphatic heterocycles. The lowest BCUT2D eigenvalue weighted by molar-refractivity contribution is 0.0477. The lowest BCUT2D eigenvalue weighted by Crippen LogP contribution is -2.16. The molecule has 0 aliphatic carbocycles. The molecule has 0 fully saturated rings. The predicted molar refractivity (Wildman–Crippen MR) is 134 cm³/mol. The molecule has 0 atom stereocenters. The van der Waals surface area contributed by atoms with Gasteiger partial charge in [0.1, 0.15) is 16.5 Å². The van der Waals surface area contributed by atoms with Gasteiger partial charge in [-0.3, -0.25) is 4.79 Å². The summed E-state index contributed by atoms with van der Waals surface area (Å²) in [5, 5.41) is 3.04. The monoisotopic (exact) mass is 479 g/mol. The summed E-state index contributed by atoms with van der Waals surface area (Å²) in [6.45, 7) is 9.91. The second-order valence-electron chi connectivity index (χ2n) is 8.82. The van der Waals surface area contributed by atoms with Crippen molar-refractivity contribution >= 4 is 34.2 Å². The zero-order valence-electron chi connectivity index (χ0n) is 20.1. The summed E-state index contributed by atoms with van der Waals surface area (Å²) >= 11 is 1.01. The average molecular weight is 480 g/mol. The maximum atomic E-state index is 12.9. The molecule has 178 valence electrons. The van der Waals surface area contributed by atoms with Crippen molar-refractivity contribution in [2.45, 2.75) is 46.6 Å². The van der Waals surface area contributed by atoms with E-state index in [0.29, 0.717) is 11.1 Å². The Bertz CT molecular complexity index is 1170. The number of benzene rings is 2. The molecule has 3 aromatic rings. The highest BCUT2D eigenvalue weighted by molar-refractivity contribution is 7.18. The van der Waals surface area contributed by atoms with E-state index in [-0.39, 0.29) is 40.0 Å². The first kappa shape index (κ1) is 25.2. The van der Waals surface area contributed by atoms with Crippen molar-refractivity contribution < 1.29 is 23.9 Å². The van der Waals surface area contributed by atoms with Gasteiger partial charge in [0.15, 0.2) is 0 Å². The Labute approximate surface area is 203 Å². The molecule has 2 aromatic carbocycles. The Hall–Kier alpha value is -3.45. The highest BCUT2D eigenvalue weighted by Crippen LogP contribution is 2.35. The van der Waals surface area contributed by atoms with Gasteiger partial charge in [0.05, 0.1) is 12.2 Å². The number of thiophene rings is 1. The van der Waals surface area contributed by atoms with Gasteiger partial charge in [-0.2, -0.15) is 0 Å². The molecule has 34 heavy (non-hydrogen) atoms. The van der Waals surface area contributed by atoms with Gasteiger partial charge in [0, 0.05) is 5.56 Å². The van der Waals surface area contributed by atoms with E-state index in [9.17, 15) is 14.4 Å². The van der Waals surface area contributed by atoms with Crippen LogP contribution in [0.15, 0.2) is 54.6 Å².